The summed E-state index contributed by atoms with van der Waals surface area (Å²) < 4.78 is 16.2. The number of halogens is 2. The third-order valence-corrected chi connectivity index (χ3v) is 3.67. The maximum Gasteiger partial charge on any atom is 0.191 e. The highest BCUT2D eigenvalue weighted by atomic mass is 127. The number of guanidine groups is 1. The van der Waals surface area contributed by atoms with E-state index in [2.05, 4.69) is 15.6 Å². The van der Waals surface area contributed by atoms with Crippen LogP contribution in [0.1, 0.15) is 12.5 Å². The zero-order chi connectivity index (χ0) is 16.7. The first-order chi connectivity index (χ1) is 11.1. The Labute approximate surface area is 165 Å². The Morgan fingerprint density at radius 1 is 1.38 bits per heavy atom. The van der Waals surface area contributed by atoms with Gasteiger partial charge in [-0.15, -0.1) is 24.0 Å². The van der Waals surface area contributed by atoms with Gasteiger partial charge in [-0.05, 0) is 31.0 Å². The molecule has 136 valence electrons. The van der Waals surface area contributed by atoms with Crippen molar-refractivity contribution in [3.8, 4) is 11.5 Å². The highest BCUT2D eigenvalue weighted by Crippen LogP contribution is 2.38. The Kier molecular flexibility index (Phi) is 9.53. The molecule has 6 nitrogen and oxygen atoms in total. The number of hydrogen-bond acceptors (Lipinski definition) is 4. The molecule has 0 saturated carbocycles. The van der Waals surface area contributed by atoms with E-state index < -0.39 is 0 Å². The van der Waals surface area contributed by atoms with Crippen molar-refractivity contribution >= 4 is 41.5 Å². The van der Waals surface area contributed by atoms with Crippen molar-refractivity contribution in [3.05, 3.63) is 22.7 Å². The summed E-state index contributed by atoms with van der Waals surface area (Å²) >= 11 is 6.24. The second-order valence-corrected chi connectivity index (χ2v) is 5.76. The molecule has 0 saturated heterocycles. The molecule has 8 heteroatoms. The molecular formula is C16H25ClIN3O3. The van der Waals surface area contributed by atoms with Crippen molar-refractivity contribution < 1.29 is 14.2 Å². The molecule has 1 atom stereocenters. The summed E-state index contributed by atoms with van der Waals surface area (Å²) in [6.45, 7) is 4.49. The van der Waals surface area contributed by atoms with Gasteiger partial charge in [0.05, 0.1) is 11.6 Å². The topological polar surface area (TPSA) is 64.1 Å². The standard InChI is InChI=1S/C16H24ClN3O3.HI/c1-11(10-21-3)20-16(18-2)19-5-4-12-8-13(17)15-14(9-12)22-6-7-23-15;/h8-9,11H,4-7,10H2,1-3H3,(H2,18,19,20);1H. The Bertz CT molecular complexity index is 558. The van der Waals surface area contributed by atoms with Gasteiger partial charge in [0.25, 0.3) is 0 Å². The second-order valence-electron chi connectivity index (χ2n) is 5.35. The first-order valence-corrected chi connectivity index (χ1v) is 8.06. The lowest BCUT2D eigenvalue weighted by Crippen LogP contribution is -2.44. The van der Waals surface area contributed by atoms with Crippen LogP contribution in [0.2, 0.25) is 5.02 Å². The third kappa shape index (κ3) is 6.18. The van der Waals surface area contributed by atoms with Crippen molar-refractivity contribution in [2.24, 2.45) is 4.99 Å². The van der Waals surface area contributed by atoms with Crippen LogP contribution in [0.5, 0.6) is 11.5 Å². The number of benzene rings is 1. The summed E-state index contributed by atoms with van der Waals surface area (Å²) in [4.78, 5) is 4.20. The van der Waals surface area contributed by atoms with Crippen LogP contribution < -0.4 is 20.1 Å². The van der Waals surface area contributed by atoms with Gasteiger partial charge in [0.1, 0.15) is 13.2 Å². The smallest absolute Gasteiger partial charge is 0.191 e. The molecule has 0 aliphatic carbocycles. The predicted octanol–water partition coefficient (Wildman–Crippen LogP) is 2.47. The molecule has 1 aromatic carbocycles. The maximum atomic E-state index is 6.24. The van der Waals surface area contributed by atoms with Crippen LogP contribution in [0.15, 0.2) is 17.1 Å². The van der Waals surface area contributed by atoms with E-state index in [4.69, 9.17) is 25.8 Å². The zero-order valence-corrected chi connectivity index (χ0v) is 17.3. The number of fused-ring (bicyclic) bond motifs is 1. The Hall–Kier alpha value is -0.930. The van der Waals surface area contributed by atoms with E-state index >= 15 is 0 Å². The number of ether oxygens (including phenoxy) is 3. The predicted molar refractivity (Wildman–Crippen MR) is 107 cm³/mol. The monoisotopic (exact) mass is 469 g/mol. The van der Waals surface area contributed by atoms with E-state index in [0.717, 1.165) is 30.2 Å². The summed E-state index contributed by atoms with van der Waals surface area (Å²) in [5.41, 5.74) is 1.09. The van der Waals surface area contributed by atoms with Gasteiger partial charge in [0.15, 0.2) is 17.5 Å². The summed E-state index contributed by atoms with van der Waals surface area (Å²) in [6.07, 6.45) is 0.801. The summed E-state index contributed by atoms with van der Waals surface area (Å²) in [5, 5.41) is 7.12. The lowest BCUT2D eigenvalue weighted by Gasteiger charge is -2.20. The van der Waals surface area contributed by atoms with Crippen LogP contribution in [-0.2, 0) is 11.2 Å². The van der Waals surface area contributed by atoms with Gasteiger partial charge in [0, 0.05) is 26.7 Å². The highest BCUT2D eigenvalue weighted by Gasteiger charge is 2.16. The van der Waals surface area contributed by atoms with Gasteiger partial charge in [0.2, 0.25) is 0 Å². The van der Waals surface area contributed by atoms with Crippen LogP contribution in [-0.4, -0.2) is 52.5 Å². The quantitative estimate of drug-likeness (QED) is 0.381. The van der Waals surface area contributed by atoms with E-state index in [1.165, 1.54) is 0 Å². The molecular weight excluding hydrogens is 445 g/mol. The first kappa shape index (κ1) is 21.1. The van der Waals surface area contributed by atoms with E-state index in [9.17, 15) is 0 Å². The molecule has 0 spiro atoms. The average Bonchev–Trinajstić information content (AvgIpc) is 2.54. The average molecular weight is 470 g/mol. The van der Waals surface area contributed by atoms with Crippen molar-refractivity contribution in [3.63, 3.8) is 0 Å². The fourth-order valence-electron chi connectivity index (χ4n) is 2.35. The fourth-order valence-corrected chi connectivity index (χ4v) is 2.64. The lowest BCUT2D eigenvalue weighted by atomic mass is 10.1. The second kappa shape index (κ2) is 10.8. The van der Waals surface area contributed by atoms with Crippen LogP contribution in [0.3, 0.4) is 0 Å². The van der Waals surface area contributed by atoms with Crippen LogP contribution in [0.25, 0.3) is 0 Å². The Morgan fingerprint density at radius 2 is 2.12 bits per heavy atom. The molecule has 1 unspecified atom stereocenters. The first-order valence-electron chi connectivity index (χ1n) is 7.68. The Balaban J connectivity index is 0.00000288. The maximum absolute atomic E-state index is 6.24. The third-order valence-electron chi connectivity index (χ3n) is 3.39. The number of rotatable bonds is 6. The molecule has 1 aromatic rings. The van der Waals surface area contributed by atoms with Crippen molar-refractivity contribution in [2.45, 2.75) is 19.4 Å². The number of nitrogens with zero attached hydrogens (tertiary/aromatic N) is 1. The fraction of sp³-hybridized carbons (Fsp3) is 0.562. The summed E-state index contributed by atoms with van der Waals surface area (Å²) in [7, 11) is 3.43. The summed E-state index contributed by atoms with van der Waals surface area (Å²) in [6, 6.07) is 4.08. The molecule has 0 fully saturated rings. The van der Waals surface area contributed by atoms with Crippen LogP contribution in [0.4, 0.5) is 0 Å². The van der Waals surface area contributed by atoms with Gasteiger partial charge in [-0.1, -0.05) is 11.6 Å². The molecule has 2 N–H and O–H groups in total. The van der Waals surface area contributed by atoms with Gasteiger partial charge in [-0.2, -0.15) is 0 Å². The molecule has 0 radical (unpaired) electrons. The number of aliphatic imine (C=N–C) groups is 1. The largest absolute Gasteiger partial charge is 0.486 e. The SMILES string of the molecule is CN=C(NCCc1cc(Cl)c2c(c1)OCCO2)NC(C)COC.I. The van der Waals surface area contributed by atoms with Crippen molar-refractivity contribution in [2.75, 3.05) is 40.5 Å². The minimum atomic E-state index is 0. The number of hydrogen-bond donors (Lipinski definition) is 2. The normalized spacial score (nSPS) is 14.6. The molecule has 2 rings (SSSR count). The molecule has 1 aliphatic heterocycles. The molecule has 0 bridgehead atoms. The van der Waals surface area contributed by atoms with E-state index in [0.29, 0.717) is 30.6 Å². The van der Waals surface area contributed by atoms with Gasteiger partial charge < -0.3 is 24.8 Å². The molecule has 0 aromatic heterocycles. The van der Waals surface area contributed by atoms with Gasteiger partial charge >= 0.3 is 0 Å². The number of methoxy groups -OCH3 is 1. The van der Waals surface area contributed by atoms with Gasteiger partial charge in [-0.3, -0.25) is 4.99 Å². The Morgan fingerprint density at radius 3 is 2.83 bits per heavy atom. The van der Waals surface area contributed by atoms with Crippen LogP contribution in [0, 0.1) is 0 Å². The highest BCUT2D eigenvalue weighted by molar-refractivity contribution is 14.0. The number of nitrogens with one attached hydrogen (secondary N) is 2. The van der Waals surface area contributed by atoms with E-state index in [-0.39, 0.29) is 30.0 Å². The van der Waals surface area contributed by atoms with Crippen molar-refractivity contribution in [1.82, 2.24) is 10.6 Å². The summed E-state index contributed by atoms with van der Waals surface area (Å²) in [5.74, 6) is 2.11. The zero-order valence-electron chi connectivity index (χ0n) is 14.2. The van der Waals surface area contributed by atoms with Gasteiger partial charge in [-0.25, -0.2) is 0 Å². The molecule has 0 amide bonds. The minimum absolute atomic E-state index is 0. The minimum Gasteiger partial charge on any atom is -0.486 e. The molecule has 24 heavy (non-hydrogen) atoms. The lowest BCUT2D eigenvalue weighted by molar-refractivity contribution is 0.171. The van der Waals surface area contributed by atoms with E-state index in [1.807, 2.05) is 19.1 Å². The van der Waals surface area contributed by atoms with E-state index in [1.54, 1.807) is 14.2 Å². The molecule has 1 heterocycles. The molecule has 1 aliphatic rings. The van der Waals surface area contributed by atoms with Crippen LogP contribution >= 0.6 is 35.6 Å². The van der Waals surface area contributed by atoms with Crippen molar-refractivity contribution in [1.29, 1.82) is 0 Å².